The first-order chi connectivity index (χ1) is 15.0. The van der Waals surface area contributed by atoms with E-state index in [-0.39, 0.29) is 24.3 Å². The van der Waals surface area contributed by atoms with Crippen molar-refractivity contribution in [1.29, 1.82) is 0 Å². The van der Waals surface area contributed by atoms with Gasteiger partial charge in [0.2, 0.25) is 5.91 Å². The Morgan fingerprint density at radius 3 is 2.65 bits per heavy atom. The Morgan fingerprint density at radius 1 is 1.03 bits per heavy atom. The molecule has 0 fully saturated rings. The fraction of sp³-hybridized carbons (Fsp3) is 0.304. The number of aryl methyl sites for hydroxylation is 1. The zero-order chi connectivity index (χ0) is 21.8. The van der Waals surface area contributed by atoms with Gasteiger partial charge in [0.25, 0.3) is 0 Å². The molecule has 3 aromatic rings. The number of nitrogens with one attached hydrogen (secondary N) is 1. The lowest BCUT2D eigenvalue weighted by Crippen LogP contribution is -2.14. The standard InChI is InChI=1S/C23H22BrFN4O2/c24-17-8-5-15(6-9-17)20(30)11-12-22(31)26-19-14-16(7-10-18(19)25)23-28-27-21-4-2-1-3-13-29(21)23/h5-10,14H,1-4,11-13H2,(H,26,31). The minimum atomic E-state index is -0.535. The van der Waals surface area contributed by atoms with Crippen LogP contribution in [-0.2, 0) is 17.8 Å². The molecule has 31 heavy (non-hydrogen) atoms. The lowest BCUT2D eigenvalue weighted by atomic mass is 10.1. The molecule has 0 saturated heterocycles. The molecule has 2 heterocycles. The summed E-state index contributed by atoms with van der Waals surface area (Å²) in [6.07, 6.45) is 4.18. The number of Topliss-reactive ketones (excluding diaryl/α,β-unsaturated/α-hetero) is 1. The van der Waals surface area contributed by atoms with Crippen LogP contribution in [0.5, 0.6) is 0 Å². The first-order valence-corrected chi connectivity index (χ1v) is 11.1. The van der Waals surface area contributed by atoms with Crippen molar-refractivity contribution in [2.75, 3.05) is 5.32 Å². The molecule has 6 nitrogen and oxygen atoms in total. The van der Waals surface area contributed by atoms with Gasteiger partial charge in [-0.05, 0) is 43.2 Å². The van der Waals surface area contributed by atoms with Gasteiger partial charge >= 0.3 is 0 Å². The maximum absolute atomic E-state index is 14.3. The van der Waals surface area contributed by atoms with E-state index in [1.54, 1.807) is 36.4 Å². The molecule has 0 bridgehead atoms. The van der Waals surface area contributed by atoms with Gasteiger partial charge in [0.05, 0.1) is 5.69 Å². The molecule has 0 aliphatic carbocycles. The van der Waals surface area contributed by atoms with E-state index in [2.05, 4.69) is 36.0 Å². The van der Waals surface area contributed by atoms with Gasteiger partial charge in [-0.3, -0.25) is 9.59 Å². The summed E-state index contributed by atoms with van der Waals surface area (Å²) in [5.41, 5.74) is 1.31. The number of fused-ring (bicyclic) bond motifs is 1. The average molecular weight is 485 g/mol. The van der Waals surface area contributed by atoms with Crippen molar-refractivity contribution in [2.24, 2.45) is 0 Å². The third-order valence-electron chi connectivity index (χ3n) is 5.35. The summed E-state index contributed by atoms with van der Waals surface area (Å²) < 4.78 is 17.3. The minimum Gasteiger partial charge on any atom is -0.324 e. The van der Waals surface area contributed by atoms with Gasteiger partial charge in [0.1, 0.15) is 11.6 Å². The average Bonchev–Trinajstić information content (AvgIpc) is 3.02. The zero-order valence-corrected chi connectivity index (χ0v) is 18.5. The van der Waals surface area contributed by atoms with Crippen molar-refractivity contribution in [3.8, 4) is 11.4 Å². The Labute approximate surface area is 188 Å². The van der Waals surface area contributed by atoms with Gasteiger partial charge in [-0.15, -0.1) is 10.2 Å². The Hall–Kier alpha value is -2.87. The second-order valence-corrected chi connectivity index (χ2v) is 8.49. The van der Waals surface area contributed by atoms with Crippen LogP contribution in [0.1, 0.15) is 48.3 Å². The molecule has 1 aromatic heterocycles. The van der Waals surface area contributed by atoms with Gasteiger partial charge in [-0.2, -0.15) is 0 Å². The highest BCUT2D eigenvalue weighted by Crippen LogP contribution is 2.26. The zero-order valence-electron chi connectivity index (χ0n) is 16.9. The molecule has 1 aliphatic heterocycles. The molecule has 1 amide bonds. The lowest BCUT2D eigenvalue weighted by Gasteiger charge is -2.10. The number of nitrogens with zero attached hydrogens (tertiary/aromatic N) is 3. The Bertz CT molecular complexity index is 1110. The van der Waals surface area contributed by atoms with Crippen molar-refractivity contribution in [3.63, 3.8) is 0 Å². The summed E-state index contributed by atoms with van der Waals surface area (Å²) in [5, 5.41) is 11.2. The van der Waals surface area contributed by atoms with Crippen molar-refractivity contribution in [3.05, 3.63) is 64.1 Å². The monoisotopic (exact) mass is 484 g/mol. The van der Waals surface area contributed by atoms with Gasteiger partial charge in [0, 0.05) is 41.4 Å². The number of anilines is 1. The van der Waals surface area contributed by atoms with Crippen LogP contribution in [0.4, 0.5) is 10.1 Å². The smallest absolute Gasteiger partial charge is 0.224 e. The van der Waals surface area contributed by atoms with Crippen molar-refractivity contribution in [2.45, 2.75) is 45.1 Å². The minimum absolute atomic E-state index is 0.0289. The normalized spacial score (nSPS) is 13.4. The Morgan fingerprint density at radius 2 is 1.84 bits per heavy atom. The number of amides is 1. The van der Waals surface area contributed by atoms with Crippen LogP contribution < -0.4 is 5.32 Å². The van der Waals surface area contributed by atoms with E-state index < -0.39 is 11.7 Å². The number of carbonyl (C=O) groups excluding carboxylic acids is 2. The van der Waals surface area contributed by atoms with Gasteiger partial charge in [0.15, 0.2) is 11.6 Å². The fourth-order valence-corrected chi connectivity index (χ4v) is 3.94. The first kappa shape index (κ1) is 21.4. The second kappa shape index (κ2) is 9.51. The Kier molecular flexibility index (Phi) is 6.56. The van der Waals surface area contributed by atoms with Crippen LogP contribution >= 0.6 is 15.9 Å². The molecule has 0 saturated carbocycles. The predicted octanol–water partition coefficient (Wildman–Crippen LogP) is 5.17. The summed E-state index contributed by atoms with van der Waals surface area (Å²) in [5.74, 6) is 0.531. The first-order valence-electron chi connectivity index (χ1n) is 10.3. The van der Waals surface area contributed by atoms with E-state index in [1.165, 1.54) is 6.07 Å². The van der Waals surface area contributed by atoms with Gasteiger partial charge in [-0.1, -0.05) is 34.5 Å². The highest BCUT2D eigenvalue weighted by atomic mass is 79.9. The Balaban J connectivity index is 1.44. The van der Waals surface area contributed by atoms with E-state index in [0.717, 1.165) is 42.5 Å². The van der Waals surface area contributed by atoms with Crippen LogP contribution in [0.25, 0.3) is 11.4 Å². The van der Waals surface area contributed by atoms with E-state index in [0.29, 0.717) is 17.0 Å². The highest BCUT2D eigenvalue weighted by Gasteiger charge is 2.18. The number of ketones is 1. The molecule has 0 radical (unpaired) electrons. The van der Waals surface area contributed by atoms with Crippen LogP contribution in [0, 0.1) is 5.82 Å². The second-order valence-electron chi connectivity index (χ2n) is 7.58. The van der Waals surface area contributed by atoms with E-state index in [1.807, 2.05) is 0 Å². The maximum Gasteiger partial charge on any atom is 0.224 e. The SMILES string of the molecule is O=C(CCC(=O)c1ccc(Br)cc1)Nc1cc(-c2nnc3n2CCCCC3)ccc1F. The molecule has 4 rings (SSSR count). The molecule has 0 atom stereocenters. The number of hydrogen-bond acceptors (Lipinski definition) is 4. The fourth-order valence-electron chi connectivity index (χ4n) is 3.68. The predicted molar refractivity (Wildman–Crippen MR) is 119 cm³/mol. The van der Waals surface area contributed by atoms with Crippen molar-refractivity contribution >= 4 is 33.3 Å². The van der Waals surface area contributed by atoms with E-state index in [4.69, 9.17) is 0 Å². The summed E-state index contributed by atoms with van der Waals surface area (Å²) in [4.78, 5) is 24.6. The van der Waals surface area contributed by atoms with Crippen molar-refractivity contribution in [1.82, 2.24) is 14.8 Å². The lowest BCUT2D eigenvalue weighted by molar-refractivity contribution is -0.116. The number of benzene rings is 2. The van der Waals surface area contributed by atoms with Crippen molar-refractivity contribution < 1.29 is 14.0 Å². The summed E-state index contributed by atoms with van der Waals surface area (Å²) in [6, 6.07) is 11.5. The number of carbonyl (C=O) groups is 2. The van der Waals surface area contributed by atoms with Crippen LogP contribution in [0.3, 0.4) is 0 Å². The highest BCUT2D eigenvalue weighted by molar-refractivity contribution is 9.10. The van der Waals surface area contributed by atoms with Crippen LogP contribution in [0.15, 0.2) is 46.9 Å². The topological polar surface area (TPSA) is 76.9 Å². The van der Waals surface area contributed by atoms with E-state index in [9.17, 15) is 14.0 Å². The quantitative estimate of drug-likeness (QED) is 0.489. The molecular weight excluding hydrogens is 463 g/mol. The third-order valence-corrected chi connectivity index (χ3v) is 5.88. The molecule has 160 valence electrons. The molecule has 0 unspecified atom stereocenters. The van der Waals surface area contributed by atoms with Gasteiger partial charge < -0.3 is 9.88 Å². The van der Waals surface area contributed by atoms with Crippen LogP contribution in [0.2, 0.25) is 0 Å². The molecule has 2 aromatic carbocycles. The largest absolute Gasteiger partial charge is 0.324 e. The third kappa shape index (κ3) is 5.07. The molecule has 1 N–H and O–H groups in total. The number of halogens is 2. The molecule has 0 spiro atoms. The van der Waals surface area contributed by atoms with Crippen LogP contribution in [-0.4, -0.2) is 26.5 Å². The summed E-state index contributed by atoms with van der Waals surface area (Å²) in [7, 11) is 0. The number of hydrogen-bond donors (Lipinski definition) is 1. The summed E-state index contributed by atoms with van der Waals surface area (Å²) >= 11 is 3.32. The summed E-state index contributed by atoms with van der Waals surface area (Å²) in [6.45, 7) is 0.828. The molecular formula is C23H22BrFN4O2. The molecule has 8 heteroatoms. The van der Waals surface area contributed by atoms with E-state index >= 15 is 0 Å². The van der Waals surface area contributed by atoms with Gasteiger partial charge in [-0.25, -0.2) is 4.39 Å². The maximum atomic E-state index is 14.3. The molecule has 1 aliphatic rings. The number of aromatic nitrogens is 3. The number of rotatable bonds is 6.